The fraction of sp³-hybridized carbons (Fsp3) is 1.00. The Bertz CT molecular complexity index is 214. The first-order valence-corrected chi connectivity index (χ1v) is 7.47. The molecular formula is C14H29N3. The molecule has 2 rings (SSSR count). The summed E-state index contributed by atoms with van der Waals surface area (Å²) < 4.78 is 0. The third-order valence-corrected chi connectivity index (χ3v) is 4.37. The Morgan fingerprint density at radius 1 is 1.41 bits per heavy atom. The highest BCUT2D eigenvalue weighted by Crippen LogP contribution is 2.15. The molecule has 2 heterocycles. The minimum Gasteiger partial charge on any atom is -0.314 e. The minimum atomic E-state index is 0.668. The van der Waals surface area contributed by atoms with Crippen LogP contribution >= 0.6 is 0 Å². The summed E-state index contributed by atoms with van der Waals surface area (Å²) >= 11 is 0. The van der Waals surface area contributed by atoms with Gasteiger partial charge < -0.3 is 15.5 Å². The Kier molecular flexibility index (Phi) is 5.26. The van der Waals surface area contributed by atoms with E-state index in [0.717, 1.165) is 12.0 Å². The number of nitrogens with zero attached hydrogens (tertiary/aromatic N) is 1. The molecule has 2 N–H and O–H groups in total. The molecule has 2 saturated heterocycles. The van der Waals surface area contributed by atoms with Gasteiger partial charge in [0, 0.05) is 18.6 Å². The quantitative estimate of drug-likeness (QED) is 0.734. The SMILES string of the molecule is CCN1CCC(CNC(C)CC2CCCN2)C1. The molecule has 0 saturated carbocycles. The van der Waals surface area contributed by atoms with Crippen LogP contribution in [0.4, 0.5) is 0 Å². The van der Waals surface area contributed by atoms with Crippen LogP contribution in [0, 0.1) is 5.92 Å². The van der Waals surface area contributed by atoms with Gasteiger partial charge in [-0.05, 0) is 64.7 Å². The molecule has 0 aromatic heterocycles. The van der Waals surface area contributed by atoms with Crippen molar-refractivity contribution in [3.8, 4) is 0 Å². The third kappa shape index (κ3) is 4.23. The van der Waals surface area contributed by atoms with Crippen LogP contribution in [0.1, 0.15) is 39.5 Å². The van der Waals surface area contributed by atoms with Crippen LogP contribution in [0.25, 0.3) is 0 Å². The van der Waals surface area contributed by atoms with Gasteiger partial charge in [-0.3, -0.25) is 0 Å². The van der Waals surface area contributed by atoms with E-state index >= 15 is 0 Å². The molecule has 0 amide bonds. The maximum absolute atomic E-state index is 3.73. The van der Waals surface area contributed by atoms with Crippen molar-refractivity contribution < 1.29 is 0 Å². The van der Waals surface area contributed by atoms with Crippen LogP contribution < -0.4 is 10.6 Å². The van der Waals surface area contributed by atoms with Gasteiger partial charge in [0.25, 0.3) is 0 Å². The summed E-state index contributed by atoms with van der Waals surface area (Å²) in [6.45, 7) is 10.9. The molecule has 2 aliphatic heterocycles. The number of hydrogen-bond acceptors (Lipinski definition) is 3. The third-order valence-electron chi connectivity index (χ3n) is 4.37. The van der Waals surface area contributed by atoms with Gasteiger partial charge in [0.15, 0.2) is 0 Å². The highest BCUT2D eigenvalue weighted by atomic mass is 15.1. The van der Waals surface area contributed by atoms with Crippen molar-refractivity contribution >= 4 is 0 Å². The Balaban J connectivity index is 1.57. The summed E-state index contributed by atoms with van der Waals surface area (Å²) in [5.41, 5.74) is 0. The fourth-order valence-corrected chi connectivity index (χ4v) is 3.20. The van der Waals surface area contributed by atoms with Gasteiger partial charge in [0.2, 0.25) is 0 Å². The number of nitrogens with one attached hydrogen (secondary N) is 2. The van der Waals surface area contributed by atoms with E-state index in [1.54, 1.807) is 0 Å². The van der Waals surface area contributed by atoms with E-state index in [2.05, 4.69) is 29.4 Å². The summed E-state index contributed by atoms with van der Waals surface area (Å²) in [5.74, 6) is 0.883. The van der Waals surface area contributed by atoms with Crippen molar-refractivity contribution in [3.05, 3.63) is 0 Å². The van der Waals surface area contributed by atoms with Crippen molar-refractivity contribution in [1.82, 2.24) is 15.5 Å². The zero-order valence-electron chi connectivity index (χ0n) is 11.5. The lowest BCUT2D eigenvalue weighted by atomic mass is 10.1. The summed E-state index contributed by atoms with van der Waals surface area (Å²) in [7, 11) is 0. The van der Waals surface area contributed by atoms with E-state index in [1.165, 1.54) is 58.4 Å². The molecule has 0 spiro atoms. The van der Waals surface area contributed by atoms with E-state index in [9.17, 15) is 0 Å². The van der Waals surface area contributed by atoms with Crippen LogP contribution in [0.2, 0.25) is 0 Å². The molecule has 3 nitrogen and oxygen atoms in total. The fourth-order valence-electron chi connectivity index (χ4n) is 3.20. The monoisotopic (exact) mass is 239 g/mol. The largest absolute Gasteiger partial charge is 0.314 e. The van der Waals surface area contributed by atoms with Gasteiger partial charge in [0.1, 0.15) is 0 Å². The highest BCUT2D eigenvalue weighted by molar-refractivity contribution is 4.81. The van der Waals surface area contributed by atoms with Crippen LogP contribution in [0.5, 0.6) is 0 Å². The lowest BCUT2D eigenvalue weighted by Gasteiger charge is -2.20. The first kappa shape index (κ1) is 13.3. The Hall–Kier alpha value is -0.120. The van der Waals surface area contributed by atoms with Crippen molar-refractivity contribution in [2.75, 3.05) is 32.7 Å². The Morgan fingerprint density at radius 2 is 2.29 bits per heavy atom. The van der Waals surface area contributed by atoms with Crippen LogP contribution in [0.15, 0.2) is 0 Å². The van der Waals surface area contributed by atoms with E-state index in [1.807, 2.05) is 0 Å². The molecule has 0 aromatic carbocycles. The smallest absolute Gasteiger partial charge is 0.00822 e. The number of rotatable bonds is 6. The molecule has 17 heavy (non-hydrogen) atoms. The van der Waals surface area contributed by atoms with Gasteiger partial charge in [-0.25, -0.2) is 0 Å². The highest BCUT2D eigenvalue weighted by Gasteiger charge is 2.22. The zero-order valence-corrected chi connectivity index (χ0v) is 11.5. The lowest BCUT2D eigenvalue weighted by Crippen LogP contribution is -2.37. The molecule has 3 heteroatoms. The first-order valence-electron chi connectivity index (χ1n) is 7.47. The van der Waals surface area contributed by atoms with Crippen molar-refractivity contribution in [2.45, 2.75) is 51.6 Å². The molecule has 100 valence electrons. The minimum absolute atomic E-state index is 0.668. The Labute approximate surface area is 106 Å². The molecule has 2 fully saturated rings. The average Bonchev–Trinajstić information content (AvgIpc) is 2.96. The summed E-state index contributed by atoms with van der Waals surface area (Å²) in [5, 5.41) is 7.31. The van der Waals surface area contributed by atoms with E-state index in [0.29, 0.717) is 6.04 Å². The standard InChI is InChI=1S/C14H29N3/c1-3-17-8-6-13(11-17)10-16-12(2)9-14-5-4-7-15-14/h12-16H,3-11H2,1-2H3. The second-order valence-corrected chi connectivity index (χ2v) is 5.89. The van der Waals surface area contributed by atoms with Crippen LogP contribution in [-0.4, -0.2) is 49.7 Å². The van der Waals surface area contributed by atoms with Crippen molar-refractivity contribution in [1.29, 1.82) is 0 Å². The van der Waals surface area contributed by atoms with Crippen molar-refractivity contribution in [3.63, 3.8) is 0 Å². The predicted molar refractivity (Wildman–Crippen MR) is 73.3 cm³/mol. The molecule has 0 aliphatic carbocycles. The number of hydrogen-bond donors (Lipinski definition) is 2. The van der Waals surface area contributed by atoms with Crippen LogP contribution in [-0.2, 0) is 0 Å². The van der Waals surface area contributed by atoms with Gasteiger partial charge in [-0.1, -0.05) is 6.92 Å². The molecule has 3 atom stereocenters. The van der Waals surface area contributed by atoms with Crippen molar-refractivity contribution in [2.24, 2.45) is 5.92 Å². The normalized spacial score (nSPS) is 32.1. The molecule has 0 aromatic rings. The average molecular weight is 239 g/mol. The van der Waals surface area contributed by atoms with Gasteiger partial charge >= 0.3 is 0 Å². The molecule has 0 radical (unpaired) electrons. The zero-order chi connectivity index (χ0) is 12.1. The summed E-state index contributed by atoms with van der Waals surface area (Å²) in [6.07, 6.45) is 5.42. The second-order valence-electron chi connectivity index (χ2n) is 5.89. The summed E-state index contributed by atoms with van der Waals surface area (Å²) in [4.78, 5) is 2.57. The molecule has 0 bridgehead atoms. The van der Waals surface area contributed by atoms with E-state index in [4.69, 9.17) is 0 Å². The van der Waals surface area contributed by atoms with E-state index in [-0.39, 0.29) is 0 Å². The topological polar surface area (TPSA) is 27.3 Å². The molecular weight excluding hydrogens is 210 g/mol. The van der Waals surface area contributed by atoms with E-state index < -0.39 is 0 Å². The molecule has 2 aliphatic rings. The summed E-state index contributed by atoms with van der Waals surface area (Å²) in [6, 6.07) is 1.44. The first-order chi connectivity index (χ1) is 8.28. The van der Waals surface area contributed by atoms with Gasteiger partial charge in [-0.2, -0.15) is 0 Å². The lowest BCUT2D eigenvalue weighted by molar-refractivity contribution is 0.332. The predicted octanol–water partition coefficient (Wildman–Crippen LogP) is 1.45. The maximum atomic E-state index is 3.73. The van der Waals surface area contributed by atoms with Gasteiger partial charge in [0.05, 0.1) is 0 Å². The second kappa shape index (κ2) is 6.72. The molecule has 3 unspecified atom stereocenters. The maximum Gasteiger partial charge on any atom is 0.00822 e. The van der Waals surface area contributed by atoms with Crippen LogP contribution in [0.3, 0.4) is 0 Å². The van der Waals surface area contributed by atoms with Gasteiger partial charge in [-0.15, -0.1) is 0 Å². The number of likely N-dealkylation sites (tertiary alicyclic amines) is 1. The Morgan fingerprint density at radius 3 is 2.94 bits per heavy atom.